The van der Waals surface area contributed by atoms with Crippen LogP contribution in [0.3, 0.4) is 0 Å². The van der Waals surface area contributed by atoms with Crippen LogP contribution in [-0.4, -0.2) is 58.8 Å². The molecule has 1 fully saturated rings. The van der Waals surface area contributed by atoms with Gasteiger partial charge in [-0.25, -0.2) is 4.99 Å². The Balaban J connectivity index is 0.00000341. The van der Waals surface area contributed by atoms with Gasteiger partial charge >= 0.3 is 0 Å². The maximum Gasteiger partial charge on any atom is 0.246 e. The fourth-order valence-electron chi connectivity index (χ4n) is 3.35. The smallest absolute Gasteiger partial charge is 0.246 e. The number of amides is 1. The lowest BCUT2D eigenvalue weighted by Gasteiger charge is -2.35. The number of carbonyl (C=O) groups is 1. The third kappa shape index (κ3) is 7.20. The van der Waals surface area contributed by atoms with E-state index in [4.69, 9.17) is 9.73 Å². The molecule has 31 heavy (non-hydrogen) atoms. The number of aromatic nitrogens is 2. The van der Waals surface area contributed by atoms with Crippen LogP contribution in [0.1, 0.15) is 31.9 Å². The van der Waals surface area contributed by atoms with Crippen molar-refractivity contribution in [2.45, 2.75) is 40.0 Å². The molecule has 0 atom stereocenters. The molecule has 2 aromatic rings. The maximum absolute atomic E-state index is 12.7. The molecule has 0 aliphatic carbocycles. The summed E-state index contributed by atoms with van der Waals surface area (Å²) in [6.07, 6.45) is 3.79. The van der Waals surface area contributed by atoms with Gasteiger partial charge in [-0.05, 0) is 31.9 Å². The molecule has 1 amide bonds. The summed E-state index contributed by atoms with van der Waals surface area (Å²) in [5.41, 5.74) is 3.10. The van der Waals surface area contributed by atoms with Crippen LogP contribution >= 0.6 is 24.0 Å². The molecule has 1 aliphatic rings. The predicted molar refractivity (Wildman–Crippen MR) is 134 cm³/mol. The highest BCUT2D eigenvalue weighted by atomic mass is 127. The average Bonchev–Trinajstić information content (AvgIpc) is 3.15. The number of piperazine rings is 1. The first-order chi connectivity index (χ1) is 14.5. The monoisotopic (exact) mass is 540 g/mol. The molecule has 0 unspecified atom stereocenters. The van der Waals surface area contributed by atoms with Gasteiger partial charge in [0.15, 0.2) is 5.96 Å². The van der Waals surface area contributed by atoms with Crippen LogP contribution in [0.5, 0.6) is 0 Å². The summed E-state index contributed by atoms with van der Waals surface area (Å²) in [6, 6.07) is 8.29. The fourth-order valence-corrected chi connectivity index (χ4v) is 3.35. The Labute approximate surface area is 201 Å². The molecular weight excluding hydrogens is 507 g/mol. The summed E-state index contributed by atoms with van der Waals surface area (Å²) in [6.45, 7) is 9.62. The summed E-state index contributed by atoms with van der Waals surface area (Å²) in [4.78, 5) is 21.3. The van der Waals surface area contributed by atoms with Gasteiger partial charge in [0.1, 0.15) is 6.54 Å². The zero-order valence-electron chi connectivity index (χ0n) is 18.7. The van der Waals surface area contributed by atoms with E-state index in [1.165, 1.54) is 0 Å². The number of anilines is 1. The topological polar surface area (TPSA) is 75.0 Å². The average molecular weight is 540 g/mol. The lowest BCUT2D eigenvalue weighted by Crippen LogP contribution is -2.55. The van der Waals surface area contributed by atoms with E-state index < -0.39 is 0 Å². The van der Waals surface area contributed by atoms with Gasteiger partial charge in [0.2, 0.25) is 5.91 Å². The van der Waals surface area contributed by atoms with Crippen LogP contribution < -0.4 is 10.2 Å². The van der Waals surface area contributed by atoms with E-state index in [0.717, 1.165) is 29.3 Å². The third-order valence-corrected chi connectivity index (χ3v) is 4.84. The van der Waals surface area contributed by atoms with Crippen molar-refractivity contribution in [2.75, 3.05) is 31.1 Å². The number of hydrogen-bond acceptors (Lipinski definition) is 4. The molecule has 1 aromatic heterocycles. The van der Waals surface area contributed by atoms with Crippen molar-refractivity contribution in [3.05, 3.63) is 47.8 Å². The van der Waals surface area contributed by atoms with E-state index >= 15 is 0 Å². The highest BCUT2D eigenvalue weighted by Gasteiger charge is 2.27. The standard InChI is InChI=1S/C22H32N6O2.HI/c1-5-23-22(24-12-18-7-6-8-19(11-18)16-30-17(2)3)27-9-10-28(21(29)15-27)20-13-25-26(4)14-20;/h6-8,11,13-14,17H,5,9-10,12,15-16H2,1-4H3,(H,23,24);1H. The van der Waals surface area contributed by atoms with Crippen molar-refractivity contribution in [3.63, 3.8) is 0 Å². The number of aliphatic imine (C=N–C) groups is 1. The van der Waals surface area contributed by atoms with Crippen molar-refractivity contribution in [3.8, 4) is 0 Å². The second-order valence-corrected chi connectivity index (χ2v) is 7.69. The Kier molecular flexibility index (Phi) is 9.76. The molecule has 0 spiro atoms. The molecule has 8 nitrogen and oxygen atoms in total. The number of ether oxygens (including phenoxy) is 1. The van der Waals surface area contributed by atoms with Crippen molar-refractivity contribution in [1.82, 2.24) is 20.0 Å². The SMILES string of the molecule is CCNC(=NCc1cccc(COC(C)C)c1)N1CCN(c2cnn(C)c2)C(=O)C1.I. The van der Waals surface area contributed by atoms with Crippen LogP contribution in [0.4, 0.5) is 5.69 Å². The highest BCUT2D eigenvalue weighted by molar-refractivity contribution is 14.0. The second-order valence-electron chi connectivity index (χ2n) is 7.69. The van der Waals surface area contributed by atoms with E-state index in [9.17, 15) is 4.79 Å². The number of nitrogens with zero attached hydrogens (tertiary/aromatic N) is 5. The number of halogens is 1. The first kappa shape index (κ1) is 25.1. The summed E-state index contributed by atoms with van der Waals surface area (Å²) in [5.74, 6) is 0.813. The van der Waals surface area contributed by atoms with Crippen molar-refractivity contribution >= 4 is 41.5 Å². The molecule has 0 saturated carbocycles. The number of benzene rings is 1. The van der Waals surface area contributed by atoms with Crippen LogP contribution in [0.2, 0.25) is 0 Å². The number of nitrogens with one attached hydrogen (secondary N) is 1. The second kappa shape index (κ2) is 12.0. The third-order valence-electron chi connectivity index (χ3n) is 4.84. The van der Waals surface area contributed by atoms with E-state index in [1.807, 2.05) is 45.0 Å². The molecule has 9 heteroatoms. The number of guanidine groups is 1. The van der Waals surface area contributed by atoms with E-state index in [-0.39, 0.29) is 36.0 Å². The van der Waals surface area contributed by atoms with Crippen molar-refractivity contribution in [1.29, 1.82) is 0 Å². The van der Waals surface area contributed by atoms with Crippen LogP contribution in [-0.2, 0) is 29.7 Å². The Morgan fingerprint density at radius 1 is 1.29 bits per heavy atom. The van der Waals surface area contributed by atoms with Crippen molar-refractivity contribution < 1.29 is 9.53 Å². The summed E-state index contributed by atoms with van der Waals surface area (Å²) < 4.78 is 7.41. The van der Waals surface area contributed by atoms with Crippen molar-refractivity contribution in [2.24, 2.45) is 12.0 Å². The molecular formula is C22H33IN6O2. The van der Waals surface area contributed by atoms with E-state index in [1.54, 1.807) is 15.8 Å². The first-order valence-corrected chi connectivity index (χ1v) is 10.5. The van der Waals surface area contributed by atoms with Gasteiger partial charge in [0.25, 0.3) is 0 Å². The van der Waals surface area contributed by atoms with E-state index in [0.29, 0.717) is 32.8 Å². The summed E-state index contributed by atoms with van der Waals surface area (Å²) in [7, 11) is 1.85. The van der Waals surface area contributed by atoms with Gasteiger partial charge in [-0.15, -0.1) is 24.0 Å². The molecule has 170 valence electrons. The molecule has 2 heterocycles. The minimum atomic E-state index is 0. The number of hydrogen-bond donors (Lipinski definition) is 1. The number of carbonyl (C=O) groups excluding carboxylic acids is 1. The number of aryl methyl sites for hydroxylation is 1. The van der Waals surface area contributed by atoms with E-state index in [2.05, 4.69) is 28.6 Å². The Morgan fingerprint density at radius 2 is 2.06 bits per heavy atom. The van der Waals surface area contributed by atoms with Gasteiger partial charge in [-0.3, -0.25) is 9.48 Å². The van der Waals surface area contributed by atoms with Gasteiger partial charge in [0, 0.05) is 32.9 Å². The minimum Gasteiger partial charge on any atom is -0.374 e. The number of rotatable bonds is 7. The quantitative estimate of drug-likeness (QED) is 0.332. The molecule has 0 bridgehead atoms. The van der Waals surface area contributed by atoms with Crippen LogP contribution in [0, 0.1) is 0 Å². The zero-order valence-corrected chi connectivity index (χ0v) is 21.1. The Hall–Kier alpha value is -2.14. The van der Waals surface area contributed by atoms with Gasteiger partial charge in [-0.2, -0.15) is 5.10 Å². The summed E-state index contributed by atoms with van der Waals surface area (Å²) >= 11 is 0. The summed E-state index contributed by atoms with van der Waals surface area (Å²) in [5, 5.41) is 7.49. The molecule has 3 rings (SSSR count). The molecule has 1 saturated heterocycles. The zero-order chi connectivity index (χ0) is 21.5. The highest BCUT2D eigenvalue weighted by Crippen LogP contribution is 2.16. The molecule has 1 aliphatic heterocycles. The van der Waals surface area contributed by atoms with Gasteiger partial charge < -0.3 is 19.9 Å². The molecule has 0 radical (unpaired) electrons. The normalized spacial score (nSPS) is 14.7. The lowest BCUT2D eigenvalue weighted by molar-refractivity contribution is -0.120. The Morgan fingerprint density at radius 3 is 2.71 bits per heavy atom. The van der Waals surface area contributed by atoms with Gasteiger partial charge in [0.05, 0.1) is 31.1 Å². The largest absolute Gasteiger partial charge is 0.374 e. The predicted octanol–water partition coefficient (Wildman–Crippen LogP) is 2.78. The Bertz CT molecular complexity index is 882. The fraction of sp³-hybridized carbons (Fsp3) is 0.500. The minimum absolute atomic E-state index is 0. The van der Waals surface area contributed by atoms with Gasteiger partial charge in [-0.1, -0.05) is 24.3 Å². The first-order valence-electron chi connectivity index (χ1n) is 10.5. The maximum atomic E-state index is 12.7. The van der Waals surface area contributed by atoms with Crippen LogP contribution in [0.25, 0.3) is 0 Å². The lowest BCUT2D eigenvalue weighted by atomic mass is 10.1. The molecule has 1 aromatic carbocycles. The molecule has 1 N–H and O–H groups in total. The van der Waals surface area contributed by atoms with Crippen LogP contribution in [0.15, 0.2) is 41.7 Å².